The predicted molar refractivity (Wildman–Crippen MR) is 195 cm³/mol. The van der Waals surface area contributed by atoms with E-state index in [-0.39, 0.29) is 42.1 Å². The van der Waals surface area contributed by atoms with E-state index in [0.29, 0.717) is 21.8 Å². The molecule has 0 spiro atoms. The van der Waals surface area contributed by atoms with Crippen LogP contribution in [0.25, 0.3) is 0 Å². The molecule has 0 heterocycles. The van der Waals surface area contributed by atoms with Gasteiger partial charge in [0.2, 0.25) is 20.0 Å². The number of hydrogen-bond acceptors (Lipinski definition) is 4. The van der Waals surface area contributed by atoms with Gasteiger partial charge in [0.05, 0.1) is 15.8 Å². The molecule has 260 valence electrons. The van der Waals surface area contributed by atoms with Crippen LogP contribution in [0.2, 0.25) is 0 Å². The molecular weight excluding hydrogens is 613 g/mol. The fourth-order valence-corrected chi connectivity index (χ4v) is 9.45. The summed E-state index contributed by atoms with van der Waals surface area (Å²) < 4.78 is 63.0. The van der Waals surface area contributed by atoms with Crippen molar-refractivity contribution in [3.63, 3.8) is 0 Å². The quantitative estimate of drug-likeness (QED) is 0.163. The van der Waals surface area contributed by atoms with Crippen LogP contribution in [0.3, 0.4) is 0 Å². The summed E-state index contributed by atoms with van der Waals surface area (Å²) in [6, 6.07) is 7.23. The molecule has 0 saturated carbocycles. The average Bonchev–Trinajstić information content (AvgIpc) is 2.96. The van der Waals surface area contributed by atoms with Crippen molar-refractivity contribution in [3.8, 4) is 0 Å². The maximum Gasteiger partial charge on any atom is 0.241 e. The lowest BCUT2D eigenvalue weighted by molar-refractivity contribution is 0.540. The van der Waals surface area contributed by atoms with Crippen LogP contribution in [0.1, 0.15) is 178 Å². The Morgan fingerprint density at radius 2 is 0.957 bits per heavy atom. The third kappa shape index (κ3) is 9.77. The summed E-state index contributed by atoms with van der Waals surface area (Å²) in [5.41, 5.74) is 5.97. The standard InChI is InChI=1S/C38H62N2O4S2/c1-15-16-17-29(14)36(40-46(43,44)38-34(27(10)11)20-31(24(4)5)21-35(38)28(12)13)22-39-45(41,42)37-32(25(6)7)18-30(23(2)3)19-33(37)26(8)9/h18-21,23-28,36,39-40H,14-17,22H2,1-13H3. The predicted octanol–water partition coefficient (Wildman–Crippen LogP) is 9.80. The second-order valence-corrected chi connectivity index (χ2v) is 18.1. The van der Waals surface area contributed by atoms with Gasteiger partial charge < -0.3 is 0 Å². The van der Waals surface area contributed by atoms with Crippen LogP contribution in [0, 0.1) is 0 Å². The molecule has 2 rings (SSSR count). The molecule has 0 aliphatic carbocycles. The van der Waals surface area contributed by atoms with E-state index in [2.05, 4.69) is 50.6 Å². The van der Waals surface area contributed by atoms with Crippen LogP contribution in [0.5, 0.6) is 0 Å². The Labute approximate surface area is 282 Å². The second kappa shape index (κ2) is 16.4. The van der Waals surface area contributed by atoms with Gasteiger partial charge in [-0.2, -0.15) is 0 Å². The first-order valence-electron chi connectivity index (χ1n) is 17.2. The molecule has 2 N–H and O–H groups in total. The largest absolute Gasteiger partial charge is 0.241 e. The van der Waals surface area contributed by atoms with Crippen molar-refractivity contribution >= 4 is 20.0 Å². The Morgan fingerprint density at radius 3 is 1.26 bits per heavy atom. The van der Waals surface area contributed by atoms with Crippen LogP contribution < -0.4 is 9.44 Å². The van der Waals surface area contributed by atoms with Crippen LogP contribution >= 0.6 is 0 Å². The molecule has 1 unspecified atom stereocenters. The highest BCUT2D eigenvalue weighted by Gasteiger charge is 2.32. The molecule has 6 nitrogen and oxygen atoms in total. The van der Waals surface area contributed by atoms with Gasteiger partial charge in [-0.1, -0.05) is 133 Å². The number of nitrogens with one attached hydrogen (secondary N) is 2. The lowest BCUT2D eigenvalue weighted by Crippen LogP contribution is -2.45. The third-order valence-electron chi connectivity index (χ3n) is 8.82. The highest BCUT2D eigenvalue weighted by atomic mass is 32.2. The van der Waals surface area contributed by atoms with E-state index in [9.17, 15) is 16.8 Å². The van der Waals surface area contributed by atoms with Crippen molar-refractivity contribution in [2.45, 2.75) is 161 Å². The van der Waals surface area contributed by atoms with Gasteiger partial charge in [-0.05, 0) is 81.7 Å². The zero-order chi connectivity index (χ0) is 35.3. The second-order valence-electron chi connectivity index (χ2n) is 14.8. The van der Waals surface area contributed by atoms with E-state index in [0.717, 1.165) is 46.2 Å². The molecule has 2 aromatic rings. The first-order valence-corrected chi connectivity index (χ1v) is 20.2. The maximum atomic E-state index is 14.4. The molecule has 2 aromatic carbocycles. The molecule has 0 amide bonds. The van der Waals surface area contributed by atoms with Crippen molar-refractivity contribution in [2.75, 3.05) is 6.54 Å². The molecule has 0 bridgehead atoms. The Hall–Kier alpha value is -2.00. The minimum absolute atomic E-state index is 0.0192. The monoisotopic (exact) mass is 674 g/mol. The minimum atomic E-state index is -4.06. The molecule has 1 atom stereocenters. The van der Waals surface area contributed by atoms with Gasteiger partial charge in [-0.3, -0.25) is 0 Å². The average molecular weight is 675 g/mol. The van der Waals surface area contributed by atoms with Gasteiger partial charge in [-0.15, -0.1) is 0 Å². The van der Waals surface area contributed by atoms with Crippen LogP contribution in [-0.4, -0.2) is 29.4 Å². The minimum Gasteiger partial charge on any atom is -0.209 e. The summed E-state index contributed by atoms with van der Waals surface area (Å²) in [4.78, 5) is 0.600. The molecule has 46 heavy (non-hydrogen) atoms. The Balaban J connectivity index is 2.68. The number of benzene rings is 2. The Bertz CT molecular complexity index is 1510. The van der Waals surface area contributed by atoms with Crippen molar-refractivity contribution in [1.82, 2.24) is 9.44 Å². The van der Waals surface area contributed by atoms with Crippen LogP contribution in [0.4, 0.5) is 0 Å². The Morgan fingerprint density at radius 1 is 0.609 bits per heavy atom. The lowest BCUT2D eigenvalue weighted by Gasteiger charge is -2.27. The summed E-state index contributed by atoms with van der Waals surface area (Å²) in [6.45, 7) is 30.7. The van der Waals surface area contributed by atoms with Crippen molar-refractivity contribution in [1.29, 1.82) is 0 Å². The topological polar surface area (TPSA) is 92.3 Å². The molecule has 0 fully saturated rings. The number of rotatable bonds is 17. The molecule has 0 aliphatic rings. The highest BCUT2D eigenvalue weighted by molar-refractivity contribution is 7.90. The molecule has 0 saturated heterocycles. The maximum absolute atomic E-state index is 14.4. The van der Waals surface area contributed by atoms with E-state index in [1.54, 1.807) is 0 Å². The lowest BCUT2D eigenvalue weighted by atomic mass is 9.89. The number of sulfonamides is 2. The summed E-state index contributed by atoms with van der Waals surface area (Å²) in [7, 11) is -8.07. The van der Waals surface area contributed by atoms with Gasteiger partial charge in [0.15, 0.2) is 0 Å². The summed E-state index contributed by atoms with van der Waals surface area (Å²) >= 11 is 0. The van der Waals surface area contributed by atoms with E-state index >= 15 is 0 Å². The van der Waals surface area contributed by atoms with E-state index in [4.69, 9.17) is 0 Å². The third-order valence-corrected chi connectivity index (χ3v) is 12.0. The molecule has 8 heteroatoms. The summed E-state index contributed by atoms with van der Waals surface area (Å²) in [5, 5.41) is 0. The van der Waals surface area contributed by atoms with Crippen molar-refractivity contribution in [3.05, 3.63) is 69.8 Å². The fourth-order valence-electron chi connectivity index (χ4n) is 5.76. The van der Waals surface area contributed by atoms with Gasteiger partial charge in [0.1, 0.15) is 0 Å². The van der Waals surface area contributed by atoms with Gasteiger partial charge in [0, 0.05) is 6.54 Å². The number of unbranched alkanes of at least 4 members (excludes halogenated alkanes) is 1. The molecular formula is C38H62N2O4S2. The SMILES string of the molecule is C=C(CCCC)C(CNS(=O)(=O)c1c(C(C)C)cc(C(C)C)cc1C(C)C)NS(=O)(=O)c1c(C(C)C)cc(C(C)C)cc1C(C)C. The van der Waals surface area contributed by atoms with Gasteiger partial charge in [0.25, 0.3) is 0 Å². The first-order chi connectivity index (χ1) is 21.2. The van der Waals surface area contributed by atoms with E-state index < -0.39 is 26.1 Å². The molecule has 0 aliphatic heterocycles. The van der Waals surface area contributed by atoms with Crippen LogP contribution in [-0.2, 0) is 20.0 Å². The zero-order valence-electron chi connectivity index (χ0n) is 30.8. The summed E-state index contributed by atoms with van der Waals surface area (Å²) in [6.07, 6.45) is 2.32. The first kappa shape index (κ1) is 40.2. The smallest absolute Gasteiger partial charge is 0.209 e. The highest BCUT2D eigenvalue weighted by Crippen LogP contribution is 2.37. The zero-order valence-corrected chi connectivity index (χ0v) is 32.5. The number of hydrogen-bond donors (Lipinski definition) is 2. The van der Waals surface area contributed by atoms with Crippen LogP contribution in [0.15, 0.2) is 46.2 Å². The van der Waals surface area contributed by atoms with E-state index in [1.165, 1.54) is 0 Å². The molecule has 0 radical (unpaired) electrons. The van der Waals surface area contributed by atoms with Crippen molar-refractivity contribution in [2.24, 2.45) is 0 Å². The summed E-state index contributed by atoms with van der Waals surface area (Å²) in [5.74, 6) is 0.406. The van der Waals surface area contributed by atoms with Gasteiger partial charge in [-0.25, -0.2) is 26.3 Å². The van der Waals surface area contributed by atoms with Crippen molar-refractivity contribution < 1.29 is 16.8 Å². The Kier molecular flexibility index (Phi) is 14.3. The molecule has 0 aromatic heterocycles. The fraction of sp³-hybridized carbons (Fsp3) is 0.632. The van der Waals surface area contributed by atoms with Gasteiger partial charge >= 0.3 is 0 Å². The normalized spacial score (nSPS) is 13.6. The van der Waals surface area contributed by atoms with E-state index in [1.807, 2.05) is 79.7 Å².